The van der Waals surface area contributed by atoms with Crippen LogP contribution in [0.1, 0.15) is 25.7 Å². The summed E-state index contributed by atoms with van der Waals surface area (Å²) in [4.78, 5) is 2.30. The second-order valence-corrected chi connectivity index (χ2v) is 6.98. The monoisotopic (exact) mass is 274 g/mol. The van der Waals surface area contributed by atoms with Gasteiger partial charge in [0.1, 0.15) is 6.10 Å². The van der Waals surface area contributed by atoms with E-state index in [1.54, 1.807) is 6.26 Å². The highest BCUT2D eigenvalue weighted by atomic mass is 32.2. The van der Waals surface area contributed by atoms with Crippen LogP contribution in [0.25, 0.3) is 0 Å². The molecule has 0 aromatic rings. The normalized spacial score (nSPS) is 30.1. The van der Waals surface area contributed by atoms with Crippen LogP contribution < -0.4 is 4.72 Å². The predicted octanol–water partition coefficient (Wildman–Crippen LogP) is 0.693. The van der Waals surface area contributed by atoms with Crippen LogP contribution in [0.4, 0.5) is 0 Å². The van der Waals surface area contributed by atoms with Crippen LogP contribution in [-0.4, -0.2) is 51.4 Å². The summed E-state index contributed by atoms with van der Waals surface area (Å²) in [5.74, 6) is 0. The van der Waals surface area contributed by atoms with Gasteiger partial charge in [-0.15, -0.1) is 0 Å². The third kappa shape index (κ3) is 4.59. The molecule has 0 saturated carbocycles. The third-order valence-electron chi connectivity index (χ3n) is 3.37. The number of nitrogens with one attached hydrogen (secondary N) is 1. The van der Waals surface area contributed by atoms with Crippen molar-refractivity contribution in [2.45, 2.75) is 37.8 Å². The Labute approximate surface area is 109 Å². The Bertz CT molecular complexity index is 394. The van der Waals surface area contributed by atoms with Crippen LogP contribution in [0.3, 0.4) is 0 Å². The van der Waals surface area contributed by atoms with Gasteiger partial charge in [0.15, 0.2) is 0 Å². The molecule has 0 radical (unpaired) electrons. The van der Waals surface area contributed by atoms with Gasteiger partial charge in [-0.2, -0.15) is 0 Å². The average Bonchev–Trinajstić information content (AvgIpc) is 2.28. The Kier molecular flexibility index (Phi) is 4.64. The topological polar surface area (TPSA) is 58.6 Å². The van der Waals surface area contributed by atoms with Gasteiger partial charge in [0.2, 0.25) is 10.0 Å². The van der Waals surface area contributed by atoms with E-state index >= 15 is 0 Å². The first kappa shape index (κ1) is 13.8. The minimum atomic E-state index is -3.10. The molecule has 1 fully saturated rings. The molecule has 0 unspecified atom stereocenters. The van der Waals surface area contributed by atoms with E-state index in [4.69, 9.17) is 4.74 Å². The van der Waals surface area contributed by atoms with Gasteiger partial charge in [0.05, 0.1) is 12.5 Å². The number of piperidine rings is 1. The van der Waals surface area contributed by atoms with Gasteiger partial charge in [-0.25, -0.2) is 13.1 Å². The highest BCUT2D eigenvalue weighted by Crippen LogP contribution is 2.16. The van der Waals surface area contributed by atoms with Crippen molar-refractivity contribution in [3.05, 3.63) is 12.3 Å². The lowest BCUT2D eigenvalue weighted by Crippen LogP contribution is -2.49. The summed E-state index contributed by atoms with van der Waals surface area (Å²) in [5, 5.41) is 0. The van der Waals surface area contributed by atoms with Crippen molar-refractivity contribution in [1.82, 2.24) is 9.62 Å². The minimum Gasteiger partial charge on any atom is -0.497 e. The van der Waals surface area contributed by atoms with Crippen molar-refractivity contribution in [2.75, 3.05) is 25.9 Å². The van der Waals surface area contributed by atoms with E-state index < -0.39 is 10.0 Å². The summed E-state index contributed by atoms with van der Waals surface area (Å²) >= 11 is 0. The van der Waals surface area contributed by atoms with Gasteiger partial charge < -0.3 is 4.74 Å². The number of ether oxygens (including phenoxy) is 1. The largest absolute Gasteiger partial charge is 0.497 e. The van der Waals surface area contributed by atoms with Crippen molar-refractivity contribution in [3.8, 4) is 0 Å². The molecule has 0 amide bonds. The number of hydrogen-bond donors (Lipinski definition) is 1. The van der Waals surface area contributed by atoms with Crippen LogP contribution in [0.5, 0.6) is 0 Å². The minimum absolute atomic E-state index is 0.0490. The zero-order chi connectivity index (χ0) is 13.0. The molecule has 2 aliphatic heterocycles. The molecule has 6 heteroatoms. The van der Waals surface area contributed by atoms with Gasteiger partial charge in [0, 0.05) is 19.1 Å². The summed E-state index contributed by atoms with van der Waals surface area (Å²) in [7, 11) is -3.10. The first-order chi connectivity index (χ1) is 8.53. The van der Waals surface area contributed by atoms with E-state index in [0.29, 0.717) is 0 Å². The van der Waals surface area contributed by atoms with Crippen LogP contribution in [-0.2, 0) is 14.8 Å². The molecular weight excluding hydrogens is 252 g/mol. The lowest BCUT2D eigenvalue weighted by atomic mass is 10.1. The van der Waals surface area contributed by atoms with Crippen molar-refractivity contribution < 1.29 is 13.2 Å². The Morgan fingerprint density at radius 3 is 2.94 bits per heavy atom. The molecule has 1 N–H and O–H groups in total. The van der Waals surface area contributed by atoms with Gasteiger partial charge in [-0.3, -0.25) is 4.90 Å². The third-order valence-corrected chi connectivity index (χ3v) is 4.13. The lowest BCUT2D eigenvalue weighted by Gasteiger charge is -2.35. The number of likely N-dealkylation sites (tertiary alicyclic amines) is 1. The maximum Gasteiger partial charge on any atom is 0.208 e. The number of nitrogens with zero attached hydrogens (tertiary/aromatic N) is 1. The van der Waals surface area contributed by atoms with E-state index in [9.17, 15) is 8.42 Å². The smallest absolute Gasteiger partial charge is 0.208 e. The first-order valence-corrected chi connectivity index (χ1v) is 8.42. The standard InChI is InChI=1S/C12H22N2O3S/c1-18(15,16)13-11-5-4-7-14(9-11)10-12-6-2-3-8-17-12/h3,8,11-13H,2,4-7,9-10H2,1H3/t11-,12-/m0/s1. The molecule has 2 heterocycles. The maximum absolute atomic E-state index is 11.2. The summed E-state index contributed by atoms with van der Waals surface area (Å²) in [6, 6.07) is 0.0490. The Morgan fingerprint density at radius 1 is 1.44 bits per heavy atom. The quantitative estimate of drug-likeness (QED) is 0.819. The van der Waals surface area contributed by atoms with Gasteiger partial charge in [-0.05, 0) is 38.3 Å². The fraction of sp³-hybridized carbons (Fsp3) is 0.833. The average molecular weight is 274 g/mol. The number of sulfonamides is 1. The van der Waals surface area contributed by atoms with Crippen molar-refractivity contribution in [3.63, 3.8) is 0 Å². The fourth-order valence-electron chi connectivity index (χ4n) is 2.63. The summed E-state index contributed by atoms with van der Waals surface area (Å²) < 4.78 is 30.7. The number of allylic oxidation sites excluding steroid dienone is 1. The van der Waals surface area contributed by atoms with Gasteiger partial charge in [0.25, 0.3) is 0 Å². The molecule has 2 atom stereocenters. The van der Waals surface area contributed by atoms with E-state index in [1.807, 2.05) is 6.08 Å². The van der Waals surface area contributed by atoms with E-state index in [-0.39, 0.29) is 12.1 Å². The van der Waals surface area contributed by atoms with Crippen molar-refractivity contribution in [1.29, 1.82) is 0 Å². The predicted molar refractivity (Wildman–Crippen MR) is 70.7 cm³/mol. The number of hydrogen-bond acceptors (Lipinski definition) is 4. The molecule has 0 aliphatic carbocycles. The molecule has 0 aromatic heterocycles. The Hall–Kier alpha value is -0.590. The van der Waals surface area contributed by atoms with Crippen LogP contribution in [0.15, 0.2) is 12.3 Å². The zero-order valence-corrected chi connectivity index (χ0v) is 11.7. The summed E-state index contributed by atoms with van der Waals surface area (Å²) in [5.41, 5.74) is 0. The fourth-order valence-corrected chi connectivity index (χ4v) is 3.43. The summed E-state index contributed by atoms with van der Waals surface area (Å²) in [6.45, 7) is 2.72. The molecule has 5 nitrogen and oxygen atoms in total. The zero-order valence-electron chi connectivity index (χ0n) is 10.8. The highest BCUT2D eigenvalue weighted by molar-refractivity contribution is 7.88. The second kappa shape index (κ2) is 6.04. The highest BCUT2D eigenvalue weighted by Gasteiger charge is 2.24. The van der Waals surface area contributed by atoms with Gasteiger partial charge >= 0.3 is 0 Å². The SMILES string of the molecule is CS(=O)(=O)N[C@H]1CCCN(C[C@@H]2CCC=CO2)C1. The molecule has 2 rings (SSSR count). The number of rotatable bonds is 4. The van der Waals surface area contributed by atoms with Crippen LogP contribution in [0.2, 0.25) is 0 Å². The van der Waals surface area contributed by atoms with E-state index in [1.165, 1.54) is 6.26 Å². The molecule has 18 heavy (non-hydrogen) atoms. The Morgan fingerprint density at radius 2 is 2.28 bits per heavy atom. The molecule has 2 aliphatic rings. The van der Waals surface area contributed by atoms with E-state index in [0.717, 1.165) is 45.3 Å². The molecular formula is C12H22N2O3S. The molecule has 1 saturated heterocycles. The van der Waals surface area contributed by atoms with Crippen LogP contribution >= 0.6 is 0 Å². The molecule has 0 aromatic carbocycles. The Balaban J connectivity index is 1.81. The lowest BCUT2D eigenvalue weighted by molar-refractivity contribution is 0.0667. The molecule has 0 spiro atoms. The molecule has 104 valence electrons. The summed E-state index contributed by atoms with van der Waals surface area (Å²) in [6.07, 6.45) is 9.39. The van der Waals surface area contributed by atoms with Crippen LogP contribution in [0, 0.1) is 0 Å². The van der Waals surface area contributed by atoms with Crippen molar-refractivity contribution in [2.24, 2.45) is 0 Å². The molecule has 0 bridgehead atoms. The maximum atomic E-state index is 11.2. The van der Waals surface area contributed by atoms with Crippen molar-refractivity contribution >= 4 is 10.0 Å². The van der Waals surface area contributed by atoms with E-state index in [2.05, 4.69) is 9.62 Å². The first-order valence-electron chi connectivity index (χ1n) is 6.53. The second-order valence-electron chi connectivity index (χ2n) is 5.20. The van der Waals surface area contributed by atoms with Gasteiger partial charge in [-0.1, -0.05) is 0 Å².